The second-order valence-electron chi connectivity index (χ2n) is 7.81. The van der Waals surface area contributed by atoms with Crippen LogP contribution < -0.4 is 10.1 Å². The van der Waals surface area contributed by atoms with E-state index in [2.05, 4.69) is 33.1 Å². The van der Waals surface area contributed by atoms with Gasteiger partial charge in [-0.15, -0.1) is 16.8 Å². The highest BCUT2D eigenvalue weighted by Crippen LogP contribution is 2.27. The maximum atomic E-state index is 12.5. The van der Waals surface area contributed by atoms with Crippen molar-refractivity contribution in [1.82, 2.24) is 19.7 Å². The average Bonchev–Trinajstić information content (AvgIpc) is 3.35. The highest BCUT2D eigenvalue weighted by atomic mass is 32.2. The van der Waals surface area contributed by atoms with Crippen molar-refractivity contribution in [1.29, 1.82) is 0 Å². The van der Waals surface area contributed by atoms with Gasteiger partial charge in [0, 0.05) is 6.54 Å². The summed E-state index contributed by atoms with van der Waals surface area (Å²) in [5.74, 6) is 0.779. The van der Waals surface area contributed by atoms with Gasteiger partial charge in [0.1, 0.15) is 10.6 Å². The van der Waals surface area contributed by atoms with Crippen LogP contribution in [0, 0.1) is 20.8 Å². The molecule has 186 valence electrons. The van der Waals surface area contributed by atoms with Gasteiger partial charge in [-0.1, -0.05) is 35.2 Å². The third-order valence-corrected chi connectivity index (χ3v) is 6.78. The van der Waals surface area contributed by atoms with Crippen molar-refractivity contribution in [2.24, 2.45) is 0 Å². The van der Waals surface area contributed by atoms with E-state index in [1.165, 1.54) is 11.8 Å². The summed E-state index contributed by atoms with van der Waals surface area (Å²) in [6, 6.07) is 6.04. The number of rotatable bonds is 11. The van der Waals surface area contributed by atoms with Crippen LogP contribution in [-0.2, 0) is 16.1 Å². The Balaban J connectivity index is 1.66. The first-order valence-corrected chi connectivity index (χ1v) is 12.9. The highest BCUT2D eigenvalue weighted by Gasteiger charge is 2.21. The summed E-state index contributed by atoms with van der Waals surface area (Å²) in [6.07, 6.45) is 1.39. The first kappa shape index (κ1) is 26.4. The zero-order valence-corrected chi connectivity index (χ0v) is 22.1. The molecule has 2 heterocycles. The number of allylic oxidation sites excluding steroid dienone is 1. The molecule has 1 unspecified atom stereocenters. The molecule has 3 rings (SSSR count). The van der Waals surface area contributed by atoms with Crippen LogP contribution in [0.1, 0.15) is 52.3 Å². The molecule has 11 heteroatoms. The zero-order valence-electron chi connectivity index (χ0n) is 20.5. The number of anilines is 1. The van der Waals surface area contributed by atoms with Gasteiger partial charge in [-0.3, -0.25) is 9.36 Å². The summed E-state index contributed by atoms with van der Waals surface area (Å²) in [5.41, 5.74) is 2.75. The van der Waals surface area contributed by atoms with Crippen LogP contribution in [0.3, 0.4) is 0 Å². The number of thiazole rings is 1. The van der Waals surface area contributed by atoms with Gasteiger partial charge in [0.05, 0.1) is 18.1 Å². The van der Waals surface area contributed by atoms with Crippen molar-refractivity contribution in [3.8, 4) is 5.75 Å². The lowest BCUT2D eigenvalue weighted by atomic mass is 10.1. The maximum Gasteiger partial charge on any atom is 0.350 e. The number of thioether (sulfide) groups is 1. The first-order chi connectivity index (χ1) is 16.7. The summed E-state index contributed by atoms with van der Waals surface area (Å²) < 4.78 is 13.0. The monoisotopic (exact) mass is 515 g/mol. The van der Waals surface area contributed by atoms with Crippen molar-refractivity contribution < 1.29 is 19.1 Å². The normalized spacial score (nSPS) is 11.7. The number of hydrogen-bond donors (Lipinski definition) is 1. The number of ether oxygens (including phenoxy) is 2. The lowest BCUT2D eigenvalue weighted by molar-refractivity contribution is -0.113. The number of carbonyl (C=O) groups is 2. The van der Waals surface area contributed by atoms with Crippen LogP contribution in [0.15, 0.2) is 36.0 Å². The summed E-state index contributed by atoms with van der Waals surface area (Å²) in [7, 11) is 0. The topological polar surface area (TPSA) is 108 Å². The van der Waals surface area contributed by atoms with Gasteiger partial charge in [0.15, 0.2) is 22.2 Å². The molecule has 0 spiro atoms. The number of carbonyl (C=O) groups excluding carboxylic acids is 2. The second-order valence-corrected chi connectivity index (χ2v) is 9.76. The minimum Gasteiger partial charge on any atom is -0.483 e. The smallest absolute Gasteiger partial charge is 0.350 e. The minimum atomic E-state index is -0.445. The largest absolute Gasteiger partial charge is 0.483 e. The van der Waals surface area contributed by atoms with Crippen molar-refractivity contribution in [2.75, 3.05) is 17.7 Å². The van der Waals surface area contributed by atoms with Crippen LogP contribution in [0.25, 0.3) is 0 Å². The first-order valence-electron chi connectivity index (χ1n) is 11.1. The number of amides is 1. The maximum absolute atomic E-state index is 12.5. The van der Waals surface area contributed by atoms with Gasteiger partial charge in [-0.25, -0.2) is 9.78 Å². The number of nitrogens with one attached hydrogen (secondary N) is 1. The van der Waals surface area contributed by atoms with Crippen LogP contribution in [0.5, 0.6) is 5.75 Å². The molecule has 1 amide bonds. The van der Waals surface area contributed by atoms with Gasteiger partial charge in [-0.2, -0.15) is 0 Å². The molecule has 0 saturated heterocycles. The van der Waals surface area contributed by atoms with Crippen LogP contribution in [0.4, 0.5) is 5.13 Å². The van der Waals surface area contributed by atoms with E-state index < -0.39 is 5.97 Å². The molecular weight excluding hydrogens is 486 g/mol. The number of hydrogen-bond acceptors (Lipinski definition) is 9. The highest BCUT2D eigenvalue weighted by molar-refractivity contribution is 7.99. The summed E-state index contributed by atoms with van der Waals surface area (Å²) in [5, 5.41) is 12.2. The molecule has 0 aliphatic rings. The number of aryl methyl sites for hydroxylation is 3. The third kappa shape index (κ3) is 6.92. The number of benzene rings is 1. The fourth-order valence-electron chi connectivity index (χ4n) is 3.39. The van der Waals surface area contributed by atoms with Gasteiger partial charge >= 0.3 is 5.97 Å². The van der Waals surface area contributed by atoms with E-state index in [1.807, 2.05) is 37.5 Å². The van der Waals surface area contributed by atoms with E-state index in [-0.39, 0.29) is 24.4 Å². The number of nitrogens with zero attached hydrogens (tertiary/aromatic N) is 4. The van der Waals surface area contributed by atoms with Crippen molar-refractivity contribution >= 4 is 40.1 Å². The molecule has 0 aliphatic heterocycles. The fraction of sp³-hybridized carbons (Fsp3) is 0.375. The van der Waals surface area contributed by atoms with Gasteiger partial charge in [0.25, 0.3) is 0 Å². The Morgan fingerprint density at radius 2 is 1.94 bits per heavy atom. The Bertz CT molecular complexity index is 1200. The van der Waals surface area contributed by atoms with E-state index >= 15 is 0 Å². The third-order valence-electron chi connectivity index (χ3n) is 4.76. The molecule has 1 aromatic carbocycles. The Morgan fingerprint density at radius 1 is 1.23 bits per heavy atom. The molecule has 0 bridgehead atoms. The lowest BCUT2D eigenvalue weighted by Crippen LogP contribution is -2.15. The minimum absolute atomic E-state index is 0.0922. The molecule has 3 aromatic rings. The molecule has 2 aromatic heterocycles. The molecular formula is C24H29N5O4S2. The van der Waals surface area contributed by atoms with Crippen molar-refractivity contribution in [2.45, 2.75) is 52.4 Å². The van der Waals surface area contributed by atoms with Gasteiger partial charge in [0.2, 0.25) is 5.91 Å². The Morgan fingerprint density at radius 3 is 2.60 bits per heavy atom. The van der Waals surface area contributed by atoms with Crippen molar-refractivity contribution in [3.63, 3.8) is 0 Å². The van der Waals surface area contributed by atoms with Crippen LogP contribution in [-0.4, -0.2) is 44.0 Å². The predicted molar refractivity (Wildman–Crippen MR) is 137 cm³/mol. The lowest BCUT2D eigenvalue weighted by Gasteiger charge is -2.16. The second kappa shape index (κ2) is 12.0. The van der Waals surface area contributed by atoms with E-state index in [4.69, 9.17) is 9.47 Å². The van der Waals surface area contributed by atoms with E-state index in [0.29, 0.717) is 33.2 Å². The quantitative estimate of drug-likeness (QED) is 0.218. The van der Waals surface area contributed by atoms with Crippen LogP contribution >= 0.6 is 23.1 Å². The van der Waals surface area contributed by atoms with Crippen molar-refractivity contribution in [3.05, 3.63) is 58.4 Å². The summed E-state index contributed by atoms with van der Waals surface area (Å²) in [6.45, 7) is 14.0. The van der Waals surface area contributed by atoms with E-state index in [0.717, 1.165) is 28.2 Å². The molecule has 0 saturated carbocycles. The fourth-order valence-corrected chi connectivity index (χ4v) is 5.02. The Kier molecular flexibility index (Phi) is 9.05. The molecule has 1 atom stereocenters. The molecule has 0 fully saturated rings. The SMILES string of the molecule is C=CCn1c(SCC(=O)Nc2nc(C)c(C(=O)OCC)s2)nnc1C(C)Oc1cc(C)cc(C)c1. The summed E-state index contributed by atoms with van der Waals surface area (Å²) in [4.78, 5) is 29.1. The summed E-state index contributed by atoms with van der Waals surface area (Å²) >= 11 is 2.34. The molecule has 35 heavy (non-hydrogen) atoms. The van der Waals surface area contributed by atoms with Gasteiger partial charge < -0.3 is 14.8 Å². The van der Waals surface area contributed by atoms with Gasteiger partial charge in [-0.05, 0) is 57.9 Å². The molecule has 1 N–H and O–H groups in total. The number of aromatic nitrogens is 4. The Hall–Kier alpha value is -3.18. The zero-order chi connectivity index (χ0) is 25.5. The number of esters is 1. The van der Waals surface area contributed by atoms with Crippen LogP contribution in [0.2, 0.25) is 0 Å². The molecule has 9 nitrogen and oxygen atoms in total. The molecule has 0 radical (unpaired) electrons. The standard InChI is InChI=1S/C24H29N5O4S2/c1-7-9-29-21(17(6)33-18-11-14(3)10-15(4)12-18)27-28-24(29)34-13-19(30)26-23-25-16(5)20(35-23)22(31)32-8-2/h7,10-12,17H,1,8-9,13H2,2-6H3,(H,25,26,30). The molecule has 0 aliphatic carbocycles. The van der Waals surface area contributed by atoms with E-state index in [1.54, 1.807) is 19.9 Å². The van der Waals surface area contributed by atoms with E-state index in [9.17, 15) is 9.59 Å². The average molecular weight is 516 g/mol. The Labute approximate surface area is 213 Å². The predicted octanol–water partition coefficient (Wildman–Crippen LogP) is 4.89.